The molecule has 1 N–H and O–H groups in total. The number of hydrogen-bond donors (Lipinski definition) is 1. The highest BCUT2D eigenvalue weighted by Gasteiger charge is 2.66. The van der Waals surface area contributed by atoms with Crippen LogP contribution in [-0.4, -0.2) is 42.3 Å². The molecule has 0 radical (unpaired) electrons. The maximum atomic E-state index is 12.7. The molecule has 82 valence electrons. The summed E-state index contributed by atoms with van der Waals surface area (Å²) >= 11 is 0. The van der Waals surface area contributed by atoms with E-state index in [0.717, 1.165) is 0 Å². The molecule has 2 aliphatic rings. The smallest absolute Gasteiger partial charge is 0.312 e. The molecule has 14 heavy (non-hydrogen) atoms. The van der Waals surface area contributed by atoms with Gasteiger partial charge < -0.3 is 5.32 Å². The lowest BCUT2D eigenvalue weighted by atomic mass is 10.1. The first-order chi connectivity index (χ1) is 6.46. The van der Waals surface area contributed by atoms with Gasteiger partial charge in [0.25, 0.3) is 0 Å². The Balaban J connectivity index is 2.07. The summed E-state index contributed by atoms with van der Waals surface area (Å²) in [5.74, 6) is 0. The average Bonchev–Trinajstić information content (AvgIpc) is 2.82. The predicted octanol–water partition coefficient (Wildman–Crippen LogP) is 1.37. The highest BCUT2D eigenvalue weighted by atomic mass is 19.4. The van der Waals surface area contributed by atoms with Crippen molar-refractivity contribution in [3.63, 3.8) is 0 Å². The number of nitrogens with zero attached hydrogens (tertiary/aromatic N) is 1. The van der Waals surface area contributed by atoms with E-state index < -0.39 is 11.7 Å². The van der Waals surface area contributed by atoms with E-state index >= 15 is 0 Å². The van der Waals surface area contributed by atoms with Crippen LogP contribution in [0.2, 0.25) is 0 Å². The van der Waals surface area contributed by atoms with Crippen LogP contribution in [0, 0.1) is 0 Å². The number of piperazine rings is 1. The molecule has 1 saturated carbocycles. The van der Waals surface area contributed by atoms with Crippen LogP contribution in [0.25, 0.3) is 0 Å². The molecule has 1 atom stereocenters. The fraction of sp³-hybridized carbons (Fsp3) is 1.00. The van der Waals surface area contributed by atoms with Gasteiger partial charge >= 0.3 is 6.18 Å². The van der Waals surface area contributed by atoms with E-state index in [1.54, 1.807) is 4.90 Å². The molecule has 0 spiro atoms. The van der Waals surface area contributed by atoms with Crippen molar-refractivity contribution in [1.82, 2.24) is 10.2 Å². The molecule has 1 aliphatic heterocycles. The lowest BCUT2D eigenvalue weighted by Gasteiger charge is -2.39. The Morgan fingerprint density at radius 3 is 2.43 bits per heavy atom. The van der Waals surface area contributed by atoms with Crippen LogP contribution in [0.3, 0.4) is 0 Å². The second-order valence-electron chi connectivity index (χ2n) is 4.33. The van der Waals surface area contributed by atoms with Crippen LogP contribution in [0.4, 0.5) is 13.2 Å². The number of rotatable bonds is 1. The molecule has 0 aromatic carbocycles. The quantitative estimate of drug-likeness (QED) is 0.700. The van der Waals surface area contributed by atoms with E-state index in [2.05, 4.69) is 5.32 Å². The third kappa shape index (κ3) is 1.52. The second-order valence-corrected chi connectivity index (χ2v) is 4.33. The SMILES string of the molecule is CC1CN(C2(C(F)(F)F)CC2)CCN1. The summed E-state index contributed by atoms with van der Waals surface area (Å²) in [5.41, 5.74) is -1.47. The summed E-state index contributed by atoms with van der Waals surface area (Å²) < 4.78 is 38.2. The number of halogens is 3. The Bertz CT molecular complexity index is 223. The molecule has 2 rings (SSSR count). The van der Waals surface area contributed by atoms with Gasteiger partial charge in [0.05, 0.1) is 0 Å². The standard InChI is InChI=1S/C9H15F3N2/c1-7-6-14(5-4-13-7)8(2-3-8)9(10,11)12/h7,13H,2-6H2,1H3. The van der Waals surface area contributed by atoms with Crippen LogP contribution in [0.1, 0.15) is 19.8 Å². The van der Waals surface area contributed by atoms with E-state index in [-0.39, 0.29) is 18.9 Å². The van der Waals surface area contributed by atoms with Crippen molar-refractivity contribution >= 4 is 0 Å². The third-order valence-electron chi connectivity index (χ3n) is 3.23. The number of alkyl halides is 3. The summed E-state index contributed by atoms with van der Waals surface area (Å²) in [5, 5.41) is 3.15. The average molecular weight is 208 g/mol. The van der Waals surface area contributed by atoms with Crippen LogP contribution in [-0.2, 0) is 0 Å². The summed E-state index contributed by atoms with van der Waals surface area (Å²) in [4.78, 5) is 1.61. The summed E-state index contributed by atoms with van der Waals surface area (Å²) in [7, 11) is 0. The summed E-state index contributed by atoms with van der Waals surface area (Å²) in [6, 6.07) is 0.170. The molecule has 2 fully saturated rings. The Kier molecular flexibility index (Phi) is 2.27. The van der Waals surface area contributed by atoms with E-state index in [1.807, 2.05) is 6.92 Å². The zero-order valence-electron chi connectivity index (χ0n) is 8.19. The van der Waals surface area contributed by atoms with Gasteiger partial charge in [0.1, 0.15) is 5.54 Å². The summed E-state index contributed by atoms with van der Waals surface area (Å²) in [6.07, 6.45) is -3.49. The van der Waals surface area contributed by atoms with Gasteiger partial charge in [0, 0.05) is 25.7 Å². The van der Waals surface area contributed by atoms with Crippen LogP contribution < -0.4 is 5.32 Å². The highest BCUT2D eigenvalue weighted by Crippen LogP contribution is 2.53. The zero-order valence-corrected chi connectivity index (χ0v) is 8.19. The fourth-order valence-corrected chi connectivity index (χ4v) is 2.22. The van der Waals surface area contributed by atoms with Crippen LogP contribution >= 0.6 is 0 Å². The van der Waals surface area contributed by atoms with E-state index in [9.17, 15) is 13.2 Å². The molecular formula is C9H15F3N2. The van der Waals surface area contributed by atoms with Gasteiger partial charge in [-0.05, 0) is 19.8 Å². The molecule has 0 aromatic heterocycles. The normalized spacial score (nSPS) is 33.0. The molecule has 1 saturated heterocycles. The molecule has 1 heterocycles. The van der Waals surface area contributed by atoms with Gasteiger partial charge in [-0.25, -0.2) is 0 Å². The zero-order chi connectivity index (χ0) is 10.4. The van der Waals surface area contributed by atoms with Gasteiger partial charge in [0.15, 0.2) is 0 Å². The van der Waals surface area contributed by atoms with Gasteiger partial charge in [-0.3, -0.25) is 4.90 Å². The minimum atomic E-state index is -4.05. The first kappa shape index (κ1) is 10.2. The second kappa shape index (κ2) is 3.10. The molecule has 1 aliphatic carbocycles. The molecule has 2 nitrogen and oxygen atoms in total. The number of hydrogen-bond acceptors (Lipinski definition) is 2. The maximum Gasteiger partial charge on any atom is 0.406 e. The van der Waals surface area contributed by atoms with E-state index in [0.29, 0.717) is 19.6 Å². The van der Waals surface area contributed by atoms with Gasteiger partial charge in [-0.1, -0.05) is 0 Å². The predicted molar refractivity (Wildman–Crippen MR) is 47.1 cm³/mol. The minimum absolute atomic E-state index is 0.170. The van der Waals surface area contributed by atoms with Crippen LogP contribution in [0.5, 0.6) is 0 Å². The molecule has 0 aromatic rings. The van der Waals surface area contributed by atoms with Gasteiger partial charge in [0.2, 0.25) is 0 Å². The first-order valence-electron chi connectivity index (χ1n) is 5.01. The lowest BCUT2D eigenvalue weighted by Crippen LogP contribution is -2.58. The molecule has 5 heteroatoms. The Morgan fingerprint density at radius 2 is 2.00 bits per heavy atom. The van der Waals surface area contributed by atoms with Crippen molar-refractivity contribution in [2.75, 3.05) is 19.6 Å². The Morgan fingerprint density at radius 1 is 1.36 bits per heavy atom. The minimum Gasteiger partial charge on any atom is -0.312 e. The monoisotopic (exact) mass is 208 g/mol. The van der Waals surface area contributed by atoms with E-state index in [4.69, 9.17) is 0 Å². The largest absolute Gasteiger partial charge is 0.406 e. The van der Waals surface area contributed by atoms with Crippen molar-refractivity contribution < 1.29 is 13.2 Å². The fourth-order valence-electron chi connectivity index (χ4n) is 2.22. The maximum absolute atomic E-state index is 12.7. The van der Waals surface area contributed by atoms with Crippen LogP contribution in [0.15, 0.2) is 0 Å². The third-order valence-corrected chi connectivity index (χ3v) is 3.23. The lowest BCUT2D eigenvalue weighted by molar-refractivity contribution is -0.199. The topological polar surface area (TPSA) is 15.3 Å². The van der Waals surface area contributed by atoms with Crippen molar-refractivity contribution in [2.45, 2.75) is 37.5 Å². The van der Waals surface area contributed by atoms with Crippen molar-refractivity contribution in [3.8, 4) is 0 Å². The molecular weight excluding hydrogens is 193 g/mol. The highest BCUT2D eigenvalue weighted by molar-refractivity contribution is 5.10. The van der Waals surface area contributed by atoms with E-state index in [1.165, 1.54) is 0 Å². The van der Waals surface area contributed by atoms with Gasteiger partial charge in [-0.2, -0.15) is 13.2 Å². The number of nitrogens with one attached hydrogen (secondary N) is 1. The van der Waals surface area contributed by atoms with Crippen molar-refractivity contribution in [2.24, 2.45) is 0 Å². The Labute approximate surface area is 81.5 Å². The Hall–Kier alpha value is -0.290. The summed E-state index contributed by atoms with van der Waals surface area (Å²) in [6.45, 7) is 3.63. The van der Waals surface area contributed by atoms with Crippen molar-refractivity contribution in [1.29, 1.82) is 0 Å². The first-order valence-corrected chi connectivity index (χ1v) is 5.01. The van der Waals surface area contributed by atoms with Crippen molar-refractivity contribution in [3.05, 3.63) is 0 Å². The molecule has 0 bridgehead atoms. The van der Waals surface area contributed by atoms with Gasteiger partial charge in [-0.15, -0.1) is 0 Å². The molecule has 1 unspecified atom stereocenters. The molecule has 0 amide bonds.